The van der Waals surface area contributed by atoms with E-state index in [1.54, 1.807) is 13.0 Å². The van der Waals surface area contributed by atoms with Gasteiger partial charge in [0.15, 0.2) is 0 Å². The van der Waals surface area contributed by atoms with Crippen LogP contribution in [0.25, 0.3) is 0 Å². The lowest BCUT2D eigenvalue weighted by Gasteiger charge is -2.16. The van der Waals surface area contributed by atoms with Crippen LogP contribution in [-0.2, 0) is 0 Å². The molecule has 0 atom stereocenters. The van der Waals surface area contributed by atoms with E-state index in [4.69, 9.17) is 18.0 Å². The number of nitrogens with zero attached hydrogens (tertiary/aromatic N) is 1. The number of hydrogen-bond acceptors (Lipinski definition) is 3. The Labute approximate surface area is 106 Å². The maximum Gasteiger partial charge on any atom is 0.324 e. The first-order chi connectivity index (χ1) is 8.22. The number of anilines is 1. The zero-order chi connectivity index (χ0) is 13.9. The molecule has 3 N–H and O–H groups in total. The van der Waals surface area contributed by atoms with Gasteiger partial charge in [0.05, 0.1) is 6.54 Å². The van der Waals surface area contributed by atoms with Crippen LogP contribution in [0.1, 0.15) is 11.3 Å². The average Bonchev–Trinajstić information content (AvgIpc) is 2.25. The monoisotopic (exact) mass is 281 g/mol. The van der Waals surface area contributed by atoms with E-state index in [0.29, 0.717) is 11.3 Å². The van der Waals surface area contributed by atoms with E-state index in [9.17, 15) is 17.6 Å². The zero-order valence-corrected chi connectivity index (χ0v) is 10.2. The van der Waals surface area contributed by atoms with Gasteiger partial charge in [0.2, 0.25) is 0 Å². The molecule has 0 unspecified atom stereocenters. The second-order valence-electron chi connectivity index (χ2n) is 3.66. The number of halogens is 4. The lowest BCUT2D eigenvalue weighted by atomic mass is 10.2. The van der Waals surface area contributed by atoms with Crippen LogP contribution < -0.4 is 11.1 Å². The zero-order valence-electron chi connectivity index (χ0n) is 9.38. The molecular weight excluding hydrogens is 270 g/mol. The van der Waals surface area contributed by atoms with Crippen molar-refractivity contribution in [3.63, 3.8) is 0 Å². The van der Waals surface area contributed by atoms with Gasteiger partial charge < -0.3 is 11.1 Å². The number of hydrogen-bond donors (Lipinski definition) is 2. The van der Waals surface area contributed by atoms with Crippen molar-refractivity contribution >= 4 is 23.0 Å². The van der Waals surface area contributed by atoms with E-state index in [1.165, 1.54) is 6.07 Å². The maximum atomic E-state index is 12.7. The Hall–Kier alpha value is -1.44. The topological polar surface area (TPSA) is 50.9 Å². The molecule has 0 aliphatic rings. The summed E-state index contributed by atoms with van der Waals surface area (Å²) in [7, 11) is 0. The van der Waals surface area contributed by atoms with Crippen molar-refractivity contribution < 1.29 is 17.6 Å². The average molecular weight is 281 g/mol. The Morgan fingerprint density at radius 2 is 2.11 bits per heavy atom. The molecule has 0 aliphatic heterocycles. The molecule has 0 saturated carbocycles. The van der Waals surface area contributed by atoms with Gasteiger partial charge in [-0.25, -0.2) is 13.8 Å². The van der Waals surface area contributed by atoms with Crippen molar-refractivity contribution in [2.24, 2.45) is 5.73 Å². The Morgan fingerprint density at radius 3 is 2.61 bits per heavy atom. The summed E-state index contributed by atoms with van der Waals surface area (Å²) in [4.78, 5) is 3.95. The van der Waals surface area contributed by atoms with Gasteiger partial charge in [0.1, 0.15) is 10.8 Å². The van der Waals surface area contributed by atoms with Crippen LogP contribution in [-0.4, -0.2) is 28.9 Å². The maximum absolute atomic E-state index is 12.7. The molecule has 1 aromatic rings. The number of nitrogens with two attached hydrogens (primary N) is 1. The summed E-state index contributed by atoms with van der Waals surface area (Å²) in [5.74, 6) is -4.09. The van der Waals surface area contributed by atoms with E-state index in [2.05, 4.69) is 10.3 Å². The highest BCUT2D eigenvalue weighted by Crippen LogP contribution is 2.23. The van der Waals surface area contributed by atoms with E-state index in [0.717, 1.165) is 0 Å². The first kappa shape index (κ1) is 14.6. The summed E-state index contributed by atoms with van der Waals surface area (Å²) in [5.41, 5.74) is 6.31. The van der Waals surface area contributed by atoms with Crippen LogP contribution >= 0.6 is 12.2 Å². The Morgan fingerprint density at radius 1 is 1.50 bits per heavy atom. The molecule has 0 aromatic carbocycles. The van der Waals surface area contributed by atoms with Crippen LogP contribution in [0.15, 0.2) is 12.1 Å². The van der Waals surface area contributed by atoms with Crippen molar-refractivity contribution in [3.8, 4) is 0 Å². The molecule has 0 fully saturated rings. The van der Waals surface area contributed by atoms with Gasteiger partial charge in [-0.15, -0.1) is 0 Å². The molecule has 0 radical (unpaired) electrons. The Kier molecular flexibility index (Phi) is 4.44. The van der Waals surface area contributed by atoms with E-state index >= 15 is 0 Å². The summed E-state index contributed by atoms with van der Waals surface area (Å²) in [6.07, 6.45) is -3.73. The van der Waals surface area contributed by atoms with Gasteiger partial charge >= 0.3 is 12.3 Å². The van der Waals surface area contributed by atoms with Crippen LogP contribution in [0.5, 0.6) is 0 Å². The smallest absolute Gasteiger partial charge is 0.324 e. The molecule has 1 rings (SSSR count). The lowest BCUT2D eigenvalue weighted by molar-refractivity contribution is -0.117. The second-order valence-corrected chi connectivity index (χ2v) is 4.10. The molecule has 18 heavy (non-hydrogen) atoms. The SMILES string of the molecule is Cc1cc(C(N)=S)cc(NCC(F)(F)C(F)F)n1. The number of alkyl halides is 4. The molecular formula is C10H11F4N3S. The molecule has 0 amide bonds. The van der Waals surface area contributed by atoms with Gasteiger partial charge in [0.25, 0.3) is 0 Å². The van der Waals surface area contributed by atoms with Crippen molar-refractivity contribution in [2.75, 3.05) is 11.9 Å². The summed E-state index contributed by atoms with van der Waals surface area (Å²) in [5, 5.41) is 2.15. The fourth-order valence-electron chi connectivity index (χ4n) is 1.19. The van der Waals surface area contributed by atoms with Crippen molar-refractivity contribution in [2.45, 2.75) is 19.3 Å². The first-order valence-corrected chi connectivity index (χ1v) is 5.31. The van der Waals surface area contributed by atoms with Crippen LogP contribution in [0.2, 0.25) is 0 Å². The Balaban J connectivity index is 2.83. The number of nitrogens with one attached hydrogen (secondary N) is 1. The largest absolute Gasteiger partial charge is 0.389 e. The first-order valence-electron chi connectivity index (χ1n) is 4.90. The van der Waals surface area contributed by atoms with Crippen molar-refractivity contribution in [1.29, 1.82) is 0 Å². The lowest BCUT2D eigenvalue weighted by Crippen LogP contribution is -2.35. The summed E-state index contributed by atoms with van der Waals surface area (Å²) >= 11 is 4.73. The van der Waals surface area contributed by atoms with E-state index < -0.39 is 18.9 Å². The second kappa shape index (κ2) is 5.47. The third-order valence-corrected chi connectivity index (χ3v) is 2.30. The minimum Gasteiger partial charge on any atom is -0.389 e. The molecule has 1 aromatic heterocycles. The normalized spacial score (nSPS) is 11.7. The third-order valence-electron chi connectivity index (χ3n) is 2.06. The number of aryl methyl sites for hydroxylation is 1. The number of thiocarbonyl (C=S) groups is 1. The molecule has 100 valence electrons. The van der Waals surface area contributed by atoms with Gasteiger partial charge in [-0.2, -0.15) is 8.78 Å². The van der Waals surface area contributed by atoms with E-state index in [-0.39, 0.29) is 10.8 Å². The molecule has 0 spiro atoms. The minimum atomic E-state index is -4.12. The van der Waals surface area contributed by atoms with Crippen molar-refractivity contribution in [1.82, 2.24) is 4.98 Å². The van der Waals surface area contributed by atoms with Crippen LogP contribution in [0, 0.1) is 6.92 Å². The fraction of sp³-hybridized carbons (Fsp3) is 0.400. The van der Waals surface area contributed by atoms with Gasteiger partial charge in [-0.3, -0.25) is 0 Å². The predicted molar refractivity (Wildman–Crippen MR) is 64.3 cm³/mol. The summed E-state index contributed by atoms with van der Waals surface area (Å²) in [6.45, 7) is 0.399. The summed E-state index contributed by atoms with van der Waals surface area (Å²) < 4.78 is 49.3. The van der Waals surface area contributed by atoms with E-state index in [1.807, 2.05) is 0 Å². The molecule has 0 bridgehead atoms. The van der Waals surface area contributed by atoms with Crippen LogP contribution in [0.4, 0.5) is 23.4 Å². The molecule has 8 heteroatoms. The fourth-order valence-corrected chi connectivity index (χ4v) is 1.30. The van der Waals surface area contributed by atoms with Crippen LogP contribution in [0.3, 0.4) is 0 Å². The summed E-state index contributed by atoms with van der Waals surface area (Å²) in [6, 6.07) is 2.90. The quantitative estimate of drug-likeness (QED) is 0.642. The van der Waals surface area contributed by atoms with Gasteiger partial charge in [-0.1, -0.05) is 12.2 Å². The predicted octanol–water partition coefficient (Wildman–Crippen LogP) is 2.34. The molecule has 0 saturated heterocycles. The van der Waals surface area contributed by atoms with Gasteiger partial charge in [0, 0.05) is 11.3 Å². The van der Waals surface area contributed by atoms with Crippen molar-refractivity contribution in [3.05, 3.63) is 23.4 Å². The number of aromatic nitrogens is 1. The third kappa shape index (κ3) is 3.80. The molecule has 1 heterocycles. The number of rotatable bonds is 5. The van der Waals surface area contributed by atoms with Gasteiger partial charge in [-0.05, 0) is 19.1 Å². The minimum absolute atomic E-state index is 0.0260. The highest BCUT2D eigenvalue weighted by atomic mass is 32.1. The highest BCUT2D eigenvalue weighted by molar-refractivity contribution is 7.80. The molecule has 3 nitrogen and oxygen atoms in total. The molecule has 0 aliphatic carbocycles. The highest BCUT2D eigenvalue weighted by Gasteiger charge is 2.40. The standard InChI is InChI=1S/C10H11F4N3S/c1-5-2-6(8(15)18)3-7(17-5)16-4-10(13,14)9(11)12/h2-3,9H,4H2,1H3,(H2,15,18)(H,16,17). The Bertz CT molecular complexity index is 451. The number of pyridine rings is 1.